The number of nitrogens with zero attached hydrogens (tertiary/aromatic N) is 4. The highest BCUT2D eigenvalue weighted by atomic mass is 19.1. The topological polar surface area (TPSA) is 31.7 Å². The number of aryl methyl sites for hydroxylation is 1. The van der Waals surface area contributed by atoms with Crippen molar-refractivity contribution in [3.63, 3.8) is 0 Å². The number of carbonyl (C=O) groups excluding carboxylic acids is 1. The number of hydrogen-bond donors (Lipinski definition) is 0. The van der Waals surface area contributed by atoms with E-state index in [0.717, 1.165) is 19.4 Å². The first-order valence-corrected chi connectivity index (χ1v) is 9.76. The smallest absolute Gasteiger partial charge is 0.236 e. The molecule has 2 aromatic rings. The molecule has 1 aromatic carbocycles. The number of amides is 1. The van der Waals surface area contributed by atoms with Gasteiger partial charge < -0.3 is 14.4 Å². The van der Waals surface area contributed by atoms with E-state index >= 15 is 0 Å². The minimum absolute atomic E-state index is 0.185. The third kappa shape index (κ3) is 3.72. The summed E-state index contributed by atoms with van der Waals surface area (Å²) < 4.78 is 16.1. The van der Waals surface area contributed by atoms with Crippen LogP contribution in [-0.2, 0) is 11.8 Å². The summed E-state index contributed by atoms with van der Waals surface area (Å²) in [7, 11) is 2.07. The maximum Gasteiger partial charge on any atom is 0.236 e. The van der Waals surface area contributed by atoms with Crippen LogP contribution in [0.3, 0.4) is 0 Å². The molecule has 144 valence electrons. The second-order valence-electron chi connectivity index (χ2n) is 7.49. The van der Waals surface area contributed by atoms with Crippen LogP contribution in [0.4, 0.5) is 10.1 Å². The molecule has 2 aliphatic heterocycles. The lowest BCUT2D eigenvalue weighted by Gasteiger charge is -2.37. The standard InChI is InChI=1S/C21H27FN4O/c1-23-10-4-8-19(23)20-9-5-11-26(20)16-21(27)25-14-12-24(13-15-25)18-7-3-2-6-17(18)22/h2-4,6-8,10,20H,5,9,11-16H2,1H3. The molecule has 0 N–H and O–H groups in total. The van der Waals surface area contributed by atoms with Crippen LogP contribution in [0.1, 0.15) is 24.6 Å². The highest BCUT2D eigenvalue weighted by Gasteiger charge is 2.31. The fourth-order valence-corrected chi connectivity index (χ4v) is 4.35. The fourth-order valence-electron chi connectivity index (χ4n) is 4.35. The lowest BCUT2D eigenvalue weighted by molar-refractivity contribution is -0.133. The minimum Gasteiger partial charge on any atom is -0.366 e. The zero-order valence-electron chi connectivity index (χ0n) is 15.9. The number of aromatic nitrogens is 1. The maximum absolute atomic E-state index is 14.0. The van der Waals surface area contributed by atoms with Crippen LogP contribution in [0, 0.1) is 5.82 Å². The number of rotatable bonds is 4. The normalized spacial score (nSPS) is 21.0. The molecular weight excluding hydrogens is 343 g/mol. The van der Waals surface area contributed by atoms with Crippen molar-refractivity contribution in [2.75, 3.05) is 44.2 Å². The van der Waals surface area contributed by atoms with Crippen molar-refractivity contribution in [1.82, 2.24) is 14.4 Å². The monoisotopic (exact) mass is 370 g/mol. The van der Waals surface area contributed by atoms with Crippen molar-refractivity contribution in [3.8, 4) is 0 Å². The first kappa shape index (κ1) is 18.0. The third-order valence-corrected chi connectivity index (χ3v) is 5.85. The molecule has 5 nitrogen and oxygen atoms in total. The molecule has 0 saturated carbocycles. The summed E-state index contributed by atoms with van der Waals surface area (Å²) in [5, 5.41) is 0. The quantitative estimate of drug-likeness (QED) is 0.829. The summed E-state index contributed by atoms with van der Waals surface area (Å²) in [4.78, 5) is 19.1. The zero-order valence-corrected chi connectivity index (χ0v) is 15.9. The van der Waals surface area contributed by atoms with Gasteiger partial charge in [-0.1, -0.05) is 12.1 Å². The van der Waals surface area contributed by atoms with Crippen LogP contribution < -0.4 is 4.90 Å². The molecule has 2 fully saturated rings. The number of halogens is 1. The Balaban J connectivity index is 1.34. The van der Waals surface area contributed by atoms with E-state index in [1.807, 2.05) is 21.9 Å². The second kappa shape index (κ2) is 7.72. The Morgan fingerprint density at radius 2 is 1.85 bits per heavy atom. The van der Waals surface area contributed by atoms with E-state index in [4.69, 9.17) is 0 Å². The summed E-state index contributed by atoms with van der Waals surface area (Å²) in [6.07, 6.45) is 4.30. The Labute approximate surface area is 160 Å². The van der Waals surface area contributed by atoms with Gasteiger partial charge >= 0.3 is 0 Å². The Bertz CT molecular complexity index is 797. The first-order valence-electron chi connectivity index (χ1n) is 9.76. The molecule has 2 aliphatic rings. The molecule has 27 heavy (non-hydrogen) atoms. The van der Waals surface area contributed by atoms with Crippen molar-refractivity contribution in [3.05, 3.63) is 54.1 Å². The van der Waals surface area contributed by atoms with Gasteiger partial charge in [-0.2, -0.15) is 0 Å². The molecule has 2 saturated heterocycles. The van der Waals surface area contributed by atoms with Crippen LogP contribution in [0.2, 0.25) is 0 Å². The molecular formula is C21H27FN4O. The minimum atomic E-state index is -0.195. The van der Waals surface area contributed by atoms with Gasteiger partial charge in [0.25, 0.3) is 0 Å². The summed E-state index contributed by atoms with van der Waals surface area (Å²) in [6.45, 7) is 4.08. The van der Waals surface area contributed by atoms with Crippen molar-refractivity contribution >= 4 is 11.6 Å². The van der Waals surface area contributed by atoms with Crippen molar-refractivity contribution in [2.45, 2.75) is 18.9 Å². The number of benzene rings is 1. The van der Waals surface area contributed by atoms with E-state index < -0.39 is 0 Å². The van der Waals surface area contributed by atoms with Gasteiger partial charge in [-0.05, 0) is 43.7 Å². The highest BCUT2D eigenvalue weighted by molar-refractivity contribution is 5.78. The Morgan fingerprint density at radius 3 is 2.56 bits per heavy atom. The van der Waals surface area contributed by atoms with E-state index in [9.17, 15) is 9.18 Å². The average Bonchev–Trinajstić information content (AvgIpc) is 3.30. The van der Waals surface area contributed by atoms with Crippen molar-refractivity contribution < 1.29 is 9.18 Å². The Kier molecular flexibility index (Phi) is 5.16. The van der Waals surface area contributed by atoms with Gasteiger partial charge in [0, 0.05) is 45.1 Å². The summed E-state index contributed by atoms with van der Waals surface area (Å²) in [5.41, 5.74) is 1.91. The van der Waals surface area contributed by atoms with Gasteiger partial charge in [0.15, 0.2) is 0 Å². The number of carbonyl (C=O) groups is 1. The zero-order chi connectivity index (χ0) is 18.8. The highest BCUT2D eigenvalue weighted by Crippen LogP contribution is 2.31. The van der Waals surface area contributed by atoms with E-state index in [1.54, 1.807) is 6.07 Å². The van der Waals surface area contributed by atoms with Gasteiger partial charge in [-0.25, -0.2) is 4.39 Å². The lowest BCUT2D eigenvalue weighted by atomic mass is 10.1. The van der Waals surface area contributed by atoms with E-state index in [-0.39, 0.29) is 11.7 Å². The average molecular weight is 370 g/mol. The van der Waals surface area contributed by atoms with Crippen molar-refractivity contribution in [1.29, 1.82) is 0 Å². The number of anilines is 1. The van der Waals surface area contributed by atoms with Crippen molar-refractivity contribution in [2.24, 2.45) is 7.05 Å². The predicted molar refractivity (Wildman–Crippen MR) is 104 cm³/mol. The van der Waals surface area contributed by atoms with Gasteiger partial charge in [0.1, 0.15) is 5.82 Å². The molecule has 1 amide bonds. The molecule has 0 radical (unpaired) electrons. The lowest BCUT2D eigenvalue weighted by Crippen LogP contribution is -2.51. The number of piperazine rings is 1. The molecule has 1 aromatic heterocycles. The van der Waals surface area contributed by atoms with Gasteiger partial charge in [0.2, 0.25) is 5.91 Å². The Morgan fingerprint density at radius 1 is 1.07 bits per heavy atom. The summed E-state index contributed by atoms with van der Waals surface area (Å²) in [5.74, 6) is -0.0101. The van der Waals surface area contributed by atoms with Gasteiger partial charge in [-0.3, -0.25) is 9.69 Å². The Hall–Kier alpha value is -2.34. The van der Waals surface area contributed by atoms with Gasteiger partial charge in [0.05, 0.1) is 18.3 Å². The predicted octanol–water partition coefficient (Wildman–Crippen LogP) is 2.65. The van der Waals surface area contributed by atoms with Crippen LogP contribution in [0.5, 0.6) is 0 Å². The van der Waals surface area contributed by atoms with Crippen LogP contribution in [-0.4, -0.2) is 59.5 Å². The molecule has 6 heteroatoms. The fraction of sp³-hybridized carbons (Fsp3) is 0.476. The number of likely N-dealkylation sites (tertiary alicyclic amines) is 1. The van der Waals surface area contributed by atoms with Crippen LogP contribution >= 0.6 is 0 Å². The summed E-state index contributed by atoms with van der Waals surface area (Å²) >= 11 is 0. The van der Waals surface area contributed by atoms with Crippen LogP contribution in [0.25, 0.3) is 0 Å². The third-order valence-electron chi connectivity index (χ3n) is 5.85. The molecule has 1 unspecified atom stereocenters. The largest absolute Gasteiger partial charge is 0.366 e. The van der Waals surface area contributed by atoms with E-state index in [0.29, 0.717) is 44.5 Å². The van der Waals surface area contributed by atoms with Crippen LogP contribution in [0.15, 0.2) is 42.6 Å². The van der Waals surface area contributed by atoms with E-state index in [2.05, 4.69) is 34.8 Å². The maximum atomic E-state index is 14.0. The molecule has 1 atom stereocenters. The number of hydrogen-bond acceptors (Lipinski definition) is 3. The molecule has 0 spiro atoms. The molecule has 0 bridgehead atoms. The summed E-state index contributed by atoms with van der Waals surface area (Å²) in [6, 6.07) is 11.4. The first-order chi connectivity index (χ1) is 13.1. The van der Waals surface area contributed by atoms with E-state index in [1.165, 1.54) is 11.8 Å². The second-order valence-corrected chi connectivity index (χ2v) is 7.49. The molecule has 3 heterocycles. The molecule has 4 rings (SSSR count). The van der Waals surface area contributed by atoms with Gasteiger partial charge in [-0.15, -0.1) is 0 Å². The SMILES string of the molecule is Cn1cccc1C1CCCN1CC(=O)N1CCN(c2ccccc2F)CC1. The number of para-hydroxylation sites is 1. The molecule has 0 aliphatic carbocycles.